The summed E-state index contributed by atoms with van der Waals surface area (Å²) in [6.45, 7) is 2.73. The topological polar surface area (TPSA) is 46.3 Å². The van der Waals surface area contributed by atoms with Gasteiger partial charge in [0, 0.05) is 17.8 Å². The molecule has 3 atom stereocenters. The lowest BCUT2D eigenvalue weighted by Crippen LogP contribution is -2.37. The van der Waals surface area contributed by atoms with Crippen LogP contribution in [-0.4, -0.2) is 24.4 Å². The lowest BCUT2D eigenvalue weighted by Gasteiger charge is -2.29. The first kappa shape index (κ1) is 16.5. The number of carbonyl (C=O) groups is 1. The first-order valence-electron chi connectivity index (χ1n) is 6.65. The highest BCUT2D eigenvalue weighted by atomic mass is 35.5. The molecule has 0 saturated heterocycles. The van der Waals surface area contributed by atoms with E-state index in [0.717, 1.165) is 19.3 Å². The van der Waals surface area contributed by atoms with Crippen LogP contribution in [0.25, 0.3) is 0 Å². The average molecular weight is 303 g/mol. The molecule has 108 valence electrons. The zero-order valence-electron chi connectivity index (χ0n) is 11.5. The molecule has 1 aromatic heterocycles. The Morgan fingerprint density at radius 2 is 2.32 bits per heavy atom. The Bertz CT molecular complexity index is 396. The molecule has 1 amide bonds. The van der Waals surface area contributed by atoms with Crippen molar-refractivity contribution in [1.82, 2.24) is 4.90 Å². The van der Waals surface area contributed by atoms with Gasteiger partial charge < -0.3 is 10.6 Å². The largest absolute Gasteiger partial charge is 0.338 e. The van der Waals surface area contributed by atoms with Gasteiger partial charge >= 0.3 is 0 Å². The SMILES string of the molecule is CC(c1cccs1)N(C)C(=O)[C@@H]1CCC[C@@H]1CN.Cl. The highest BCUT2D eigenvalue weighted by Crippen LogP contribution is 2.34. The third kappa shape index (κ3) is 3.50. The van der Waals surface area contributed by atoms with Crippen molar-refractivity contribution < 1.29 is 4.79 Å². The van der Waals surface area contributed by atoms with Crippen LogP contribution >= 0.6 is 23.7 Å². The molecule has 19 heavy (non-hydrogen) atoms. The van der Waals surface area contributed by atoms with E-state index in [1.807, 2.05) is 18.0 Å². The van der Waals surface area contributed by atoms with Gasteiger partial charge in [0.05, 0.1) is 6.04 Å². The van der Waals surface area contributed by atoms with E-state index in [-0.39, 0.29) is 30.3 Å². The van der Waals surface area contributed by atoms with Gasteiger partial charge in [-0.1, -0.05) is 12.5 Å². The molecule has 1 unspecified atom stereocenters. The highest BCUT2D eigenvalue weighted by Gasteiger charge is 2.35. The fraction of sp³-hybridized carbons (Fsp3) is 0.643. The van der Waals surface area contributed by atoms with E-state index in [1.165, 1.54) is 4.88 Å². The molecule has 0 aliphatic heterocycles. The molecule has 0 aromatic carbocycles. The molecule has 2 rings (SSSR count). The van der Waals surface area contributed by atoms with Crippen LogP contribution in [-0.2, 0) is 4.79 Å². The first-order valence-corrected chi connectivity index (χ1v) is 7.53. The van der Waals surface area contributed by atoms with Gasteiger partial charge in [-0.15, -0.1) is 23.7 Å². The van der Waals surface area contributed by atoms with Crippen molar-refractivity contribution in [2.45, 2.75) is 32.2 Å². The summed E-state index contributed by atoms with van der Waals surface area (Å²) in [6, 6.07) is 4.29. The standard InChI is InChI=1S/C14H22N2OS.ClH/c1-10(13-7-4-8-18-13)16(2)14(17)12-6-3-5-11(12)9-15;/h4,7-8,10-12H,3,5-6,9,15H2,1-2H3;1H/t10?,11-,12-;/m1./s1. The summed E-state index contributed by atoms with van der Waals surface area (Å²) in [4.78, 5) is 15.7. The molecule has 0 spiro atoms. The van der Waals surface area contributed by atoms with E-state index >= 15 is 0 Å². The van der Waals surface area contributed by atoms with Gasteiger partial charge in [-0.2, -0.15) is 0 Å². The number of nitrogens with zero attached hydrogens (tertiary/aromatic N) is 1. The maximum atomic E-state index is 12.5. The molecule has 1 aromatic rings. The molecule has 1 fully saturated rings. The summed E-state index contributed by atoms with van der Waals surface area (Å²) < 4.78 is 0. The van der Waals surface area contributed by atoms with Crippen LogP contribution in [0.15, 0.2) is 17.5 Å². The van der Waals surface area contributed by atoms with Gasteiger partial charge in [0.1, 0.15) is 0 Å². The third-order valence-corrected chi connectivity index (χ3v) is 5.21. The fourth-order valence-electron chi connectivity index (χ4n) is 2.82. The molecule has 0 radical (unpaired) electrons. The lowest BCUT2D eigenvalue weighted by molar-refractivity contribution is -0.137. The Hall–Kier alpha value is -0.580. The zero-order chi connectivity index (χ0) is 13.1. The minimum atomic E-state index is 0. The Morgan fingerprint density at radius 1 is 1.58 bits per heavy atom. The maximum Gasteiger partial charge on any atom is 0.226 e. The van der Waals surface area contributed by atoms with E-state index in [9.17, 15) is 4.79 Å². The molecule has 0 bridgehead atoms. The number of hydrogen-bond donors (Lipinski definition) is 1. The molecule has 1 heterocycles. The van der Waals surface area contributed by atoms with Crippen LogP contribution in [0.5, 0.6) is 0 Å². The van der Waals surface area contributed by atoms with Gasteiger partial charge in [0.15, 0.2) is 0 Å². The summed E-state index contributed by atoms with van der Waals surface area (Å²) in [5, 5.41) is 2.06. The van der Waals surface area contributed by atoms with Gasteiger partial charge in [-0.3, -0.25) is 4.79 Å². The summed E-state index contributed by atoms with van der Waals surface area (Å²) in [7, 11) is 1.92. The molecular weight excluding hydrogens is 280 g/mol. The van der Waals surface area contributed by atoms with E-state index in [2.05, 4.69) is 18.4 Å². The summed E-state index contributed by atoms with van der Waals surface area (Å²) in [6.07, 6.45) is 3.25. The van der Waals surface area contributed by atoms with Crippen molar-refractivity contribution >= 4 is 29.7 Å². The van der Waals surface area contributed by atoms with E-state index < -0.39 is 0 Å². The third-order valence-electron chi connectivity index (χ3n) is 4.16. The smallest absolute Gasteiger partial charge is 0.226 e. The predicted molar refractivity (Wildman–Crippen MR) is 82.6 cm³/mol. The van der Waals surface area contributed by atoms with Crippen molar-refractivity contribution in [3.63, 3.8) is 0 Å². The number of hydrogen-bond acceptors (Lipinski definition) is 3. The summed E-state index contributed by atoms with van der Waals surface area (Å²) >= 11 is 1.71. The quantitative estimate of drug-likeness (QED) is 0.929. The maximum absolute atomic E-state index is 12.5. The highest BCUT2D eigenvalue weighted by molar-refractivity contribution is 7.10. The Balaban J connectivity index is 0.00000180. The Labute approximate surface area is 125 Å². The van der Waals surface area contributed by atoms with E-state index in [1.54, 1.807) is 11.3 Å². The number of halogens is 1. The van der Waals surface area contributed by atoms with Crippen LogP contribution in [0, 0.1) is 11.8 Å². The predicted octanol–water partition coefficient (Wildman–Crippen LogP) is 3.06. The monoisotopic (exact) mass is 302 g/mol. The van der Waals surface area contributed by atoms with Crippen LogP contribution < -0.4 is 5.73 Å². The number of amides is 1. The number of rotatable bonds is 4. The number of nitrogens with two attached hydrogens (primary N) is 1. The average Bonchev–Trinajstić information content (AvgIpc) is 3.05. The van der Waals surface area contributed by atoms with Gasteiger partial charge in [0.2, 0.25) is 5.91 Å². The van der Waals surface area contributed by atoms with Crippen LogP contribution in [0.4, 0.5) is 0 Å². The van der Waals surface area contributed by atoms with Crippen molar-refractivity contribution in [2.75, 3.05) is 13.6 Å². The second kappa shape index (κ2) is 7.27. The van der Waals surface area contributed by atoms with Gasteiger partial charge in [0.25, 0.3) is 0 Å². The first-order chi connectivity index (χ1) is 8.65. The van der Waals surface area contributed by atoms with Crippen molar-refractivity contribution in [3.05, 3.63) is 22.4 Å². The Morgan fingerprint density at radius 3 is 2.89 bits per heavy atom. The fourth-order valence-corrected chi connectivity index (χ4v) is 3.64. The number of thiophene rings is 1. The van der Waals surface area contributed by atoms with Crippen molar-refractivity contribution in [1.29, 1.82) is 0 Å². The molecule has 1 saturated carbocycles. The van der Waals surface area contributed by atoms with Gasteiger partial charge in [-0.25, -0.2) is 0 Å². The van der Waals surface area contributed by atoms with Crippen molar-refractivity contribution in [3.8, 4) is 0 Å². The second-order valence-corrected chi connectivity index (χ2v) is 6.15. The Kier molecular flexibility index (Phi) is 6.30. The van der Waals surface area contributed by atoms with Crippen LogP contribution in [0.1, 0.15) is 37.1 Å². The summed E-state index contributed by atoms with van der Waals surface area (Å²) in [5.41, 5.74) is 5.76. The molecular formula is C14H23ClN2OS. The normalized spacial score (nSPS) is 23.7. The molecule has 5 heteroatoms. The minimum Gasteiger partial charge on any atom is -0.338 e. The summed E-state index contributed by atoms with van der Waals surface area (Å²) in [5.74, 6) is 0.793. The second-order valence-electron chi connectivity index (χ2n) is 5.17. The molecule has 3 nitrogen and oxygen atoms in total. The molecule has 1 aliphatic carbocycles. The molecule has 1 aliphatic rings. The van der Waals surface area contributed by atoms with E-state index in [0.29, 0.717) is 12.5 Å². The van der Waals surface area contributed by atoms with E-state index in [4.69, 9.17) is 5.73 Å². The zero-order valence-corrected chi connectivity index (χ0v) is 13.2. The van der Waals surface area contributed by atoms with Crippen LogP contribution in [0.2, 0.25) is 0 Å². The minimum absolute atomic E-state index is 0. The number of carbonyl (C=O) groups excluding carboxylic acids is 1. The van der Waals surface area contributed by atoms with Crippen molar-refractivity contribution in [2.24, 2.45) is 17.6 Å². The lowest BCUT2D eigenvalue weighted by atomic mass is 9.94. The van der Waals surface area contributed by atoms with Crippen LogP contribution in [0.3, 0.4) is 0 Å². The van der Waals surface area contributed by atoms with Gasteiger partial charge in [-0.05, 0) is 43.7 Å². The molecule has 2 N–H and O–H groups in total.